The van der Waals surface area contributed by atoms with Crippen molar-refractivity contribution in [1.29, 1.82) is 0 Å². The van der Waals surface area contributed by atoms with Gasteiger partial charge in [-0.05, 0) is 52.3 Å². The molecule has 0 bridgehead atoms. The molecule has 0 saturated carbocycles. The van der Waals surface area contributed by atoms with Gasteiger partial charge in [-0.25, -0.2) is 8.42 Å². The van der Waals surface area contributed by atoms with E-state index in [2.05, 4.69) is 31.5 Å². The summed E-state index contributed by atoms with van der Waals surface area (Å²) in [5.74, 6) is -0.993. The molecule has 0 heterocycles. The average molecular weight is 412 g/mol. The molecule has 0 aliphatic carbocycles. The number of anilines is 1. The molecule has 0 saturated heterocycles. The number of halogens is 1. The third kappa shape index (κ3) is 5.07. The number of hydrogen-bond acceptors (Lipinski definition) is 4. The number of hydrogen-bond donors (Lipinski definition) is 3. The van der Waals surface area contributed by atoms with E-state index in [1.807, 2.05) is 0 Å². The summed E-state index contributed by atoms with van der Waals surface area (Å²) in [6, 6.07) is 12.6. The Balaban J connectivity index is 1.98. The van der Waals surface area contributed by atoms with Crippen LogP contribution in [0.1, 0.15) is 20.7 Å². The Bertz CT molecular complexity index is 867. The number of carbonyl (C=O) groups is 2. The highest BCUT2D eigenvalue weighted by Crippen LogP contribution is 2.15. The first-order chi connectivity index (χ1) is 11.3. The molecule has 126 valence electrons. The summed E-state index contributed by atoms with van der Waals surface area (Å²) in [5, 5.41) is 0. The Morgan fingerprint density at radius 1 is 0.917 bits per heavy atom. The van der Waals surface area contributed by atoms with Crippen LogP contribution in [0.3, 0.4) is 0 Å². The minimum absolute atomic E-state index is 0.265. The van der Waals surface area contributed by atoms with E-state index in [1.165, 1.54) is 24.3 Å². The molecule has 0 atom stereocenters. The second kappa shape index (κ2) is 7.45. The number of carbonyl (C=O) groups excluding carboxylic acids is 2. The summed E-state index contributed by atoms with van der Waals surface area (Å²) in [4.78, 5) is 24.0. The van der Waals surface area contributed by atoms with Crippen molar-refractivity contribution in [3.05, 3.63) is 64.1 Å². The average Bonchev–Trinajstić information content (AvgIpc) is 2.52. The normalized spacial score (nSPS) is 10.8. The van der Waals surface area contributed by atoms with Crippen molar-refractivity contribution in [3.8, 4) is 0 Å². The second-order valence-corrected chi connectivity index (χ2v) is 7.44. The summed E-state index contributed by atoms with van der Waals surface area (Å²) in [6.45, 7) is 0. The first kappa shape index (κ1) is 18.0. The van der Waals surface area contributed by atoms with Crippen LogP contribution in [0.2, 0.25) is 0 Å². The highest BCUT2D eigenvalue weighted by Gasteiger charge is 2.11. The molecule has 0 spiro atoms. The summed E-state index contributed by atoms with van der Waals surface area (Å²) >= 11 is 3.25. The Hall–Kier alpha value is -2.39. The standard InChI is InChI=1S/C15H14BrN3O4S/c1-24(22,23)19-11-8-6-10(7-9-11)14(20)17-18-15(21)12-4-2-3-5-13(12)16/h2-9,19H,1H3,(H,17,20)(H,18,21). The van der Waals surface area contributed by atoms with Crippen LogP contribution in [-0.4, -0.2) is 26.5 Å². The number of amides is 2. The molecule has 0 unspecified atom stereocenters. The van der Waals surface area contributed by atoms with Crippen molar-refractivity contribution in [2.45, 2.75) is 0 Å². The topological polar surface area (TPSA) is 104 Å². The SMILES string of the molecule is CS(=O)(=O)Nc1ccc(C(=O)NNC(=O)c2ccccc2Br)cc1. The van der Waals surface area contributed by atoms with Gasteiger partial charge in [-0.1, -0.05) is 12.1 Å². The number of benzene rings is 2. The van der Waals surface area contributed by atoms with Gasteiger partial charge in [0, 0.05) is 15.7 Å². The lowest BCUT2D eigenvalue weighted by Crippen LogP contribution is -2.41. The zero-order valence-electron chi connectivity index (χ0n) is 12.5. The molecule has 0 aliphatic rings. The van der Waals surface area contributed by atoms with Gasteiger partial charge < -0.3 is 0 Å². The zero-order valence-corrected chi connectivity index (χ0v) is 14.9. The predicted molar refractivity (Wildman–Crippen MR) is 94.0 cm³/mol. The van der Waals surface area contributed by atoms with Gasteiger partial charge in [0.1, 0.15) is 0 Å². The van der Waals surface area contributed by atoms with Crippen LogP contribution in [0.5, 0.6) is 0 Å². The lowest BCUT2D eigenvalue weighted by molar-refractivity contribution is 0.0846. The van der Waals surface area contributed by atoms with Gasteiger partial charge in [-0.2, -0.15) is 0 Å². The summed E-state index contributed by atoms with van der Waals surface area (Å²) in [7, 11) is -3.38. The molecule has 0 aliphatic heterocycles. The smallest absolute Gasteiger partial charge is 0.270 e. The van der Waals surface area contributed by atoms with Crippen molar-refractivity contribution in [2.75, 3.05) is 11.0 Å². The van der Waals surface area contributed by atoms with Crippen molar-refractivity contribution >= 4 is 43.5 Å². The Morgan fingerprint density at radius 2 is 1.50 bits per heavy atom. The second-order valence-electron chi connectivity index (χ2n) is 4.84. The largest absolute Gasteiger partial charge is 0.284 e. The van der Waals surface area contributed by atoms with Gasteiger partial charge in [-0.15, -0.1) is 0 Å². The van der Waals surface area contributed by atoms with E-state index in [0.29, 0.717) is 15.7 Å². The minimum atomic E-state index is -3.38. The Labute approximate surface area is 147 Å². The van der Waals surface area contributed by atoms with Crippen LogP contribution in [0.25, 0.3) is 0 Å². The number of hydrazine groups is 1. The van der Waals surface area contributed by atoms with Gasteiger partial charge in [0.25, 0.3) is 11.8 Å². The molecular formula is C15H14BrN3O4S. The van der Waals surface area contributed by atoms with E-state index < -0.39 is 21.8 Å². The summed E-state index contributed by atoms with van der Waals surface area (Å²) in [5.41, 5.74) is 5.59. The van der Waals surface area contributed by atoms with E-state index in [-0.39, 0.29) is 5.56 Å². The molecular weight excluding hydrogens is 398 g/mol. The van der Waals surface area contributed by atoms with Crippen LogP contribution in [-0.2, 0) is 10.0 Å². The quantitative estimate of drug-likeness (QED) is 0.668. The number of rotatable bonds is 4. The molecule has 2 aromatic carbocycles. The van der Waals surface area contributed by atoms with Crippen LogP contribution in [0.15, 0.2) is 53.0 Å². The first-order valence-electron chi connectivity index (χ1n) is 6.69. The number of nitrogens with one attached hydrogen (secondary N) is 3. The molecule has 9 heteroatoms. The summed E-state index contributed by atoms with van der Waals surface area (Å²) < 4.78 is 25.1. The third-order valence-electron chi connectivity index (χ3n) is 2.86. The first-order valence-corrected chi connectivity index (χ1v) is 9.38. The van der Waals surface area contributed by atoms with Crippen molar-refractivity contribution < 1.29 is 18.0 Å². The van der Waals surface area contributed by atoms with E-state index in [9.17, 15) is 18.0 Å². The molecule has 0 fully saturated rings. The third-order valence-corrected chi connectivity index (χ3v) is 4.16. The van der Waals surface area contributed by atoms with Gasteiger partial charge >= 0.3 is 0 Å². The molecule has 0 aromatic heterocycles. The van der Waals surface area contributed by atoms with Crippen molar-refractivity contribution in [3.63, 3.8) is 0 Å². The lowest BCUT2D eigenvalue weighted by atomic mass is 10.2. The van der Waals surface area contributed by atoms with Gasteiger partial charge in [0.2, 0.25) is 10.0 Å². The molecule has 24 heavy (non-hydrogen) atoms. The monoisotopic (exact) mass is 411 g/mol. The molecule has 3 N–H and O–H groups in total. The maximum atomic E-state index is 12.0. The van der Waals surface area contributed by atoms with Crippen LogP contribution >= 0.6 is 15.9 Å². The summed E-state index contributed by atoms with van der Waals surface area (Å²) in [6.07, 6.45) is 1.03. The van der Waals surface area contributed by atoms with Crippen LogP contribution in [0.4, 0.5) is 5.69 Å². The van der Waals surface area contributed by atoms with Gasteiger partial charge in [-0.3, -0.25) is 25.2 Å². The van der Waals surface area contributed by atoms with Gasteiger partial charge in [0.15, 0.2) is 0 Å². The van der Waals surface area contributed by atoms with Crippen LogP contribution in [0, 0.1) is 0 Å². The molecule has 7 nitrogen and oxygen atoms in total. The van der Waals surface area contributed by atoms with Crippen LogP contribution < -0.4 is 15.6 Å². The Kier molecular flexibility index (Phi) is 5.58. The molecule has 2 aromatic rings. The van der Waals surface area contributed by atoms with Crippen molar-refractivity contribution in [2.24, 2.45) is 0 Å². The highest BCUT2D eigenvalue weighted by atomic mass is 79.9. The maximum absolute atomic E-state index is 12.0. The fraction of sp³-hybridized carbons (Fsp3) is 0.0667. The van der Waals surface area contributed by atoms with Crippen molar-refractivity contribution in [1.82, 2.24) is 10.9 Å². The molecule has 2 rings (SSSR count). The molecule has 0 radical (unpaired) electrons. The predicted octanol–water partition coefficient (Wildman–Crippen LogP) is 1.90. The Morgan fingerprint density at radius 3 is 2.08 bits per heavy atom. The van der Waals surface area contributed by atoms with E-state index in [4.69, 9.17) is 0 Å². The highest BCUT2D eigenvalue weighted by molar-refractivity contribution is 9.10. The fourth-order valence-corrected chi connectivity index (χ4v) is 2.83. The zero-order chi connectivity index (χ0) is 17.7. The van der Waals surface area contributed by atoms with E-state index in [1.54, 1.807) is 24.3 Å². The van der Waals surface area contributed by atoms with E-state index in [0.717, 1.165) is 6.26 Å². The molecule has 2 amide bonds. The minimum Gasteiger partial charge on any atom is -0.284 e. The fourth-order valence-electron chi connectivity index (χ4n) is 1.80. The number of sulfonamides is 1. The lowest BCUT2D eigenvalue weighted by Gasteiger charge is -2.09. The maximum Gasteiger partial charge on any atom is 0.270 e. The van der Waals surface area contributed by atoms with E-state index >= 15 is 0 Å². The van der Waals surface area contributed by atoms with Gasteiger partial charge in [0.05, 0.1) is 11.8 Å².